The monoisotopic (exact) mass is 491 g/mol. The average Bonchev–Trinajstić information content (AvgIpc) is 3.42. The van der Waals surface area contributed by atoms with E-state index in [-0.39, 0.29) is 23.5 Å². The van der Waals surface area contributed by atoms with Gasteiger partial charge < -0.3 is 9.64 Å². The lowest BCUT2D eigenvalue weighted by Gasteiger charge is -2.36. The van der Waals surface area contributed by atoms with E-state index in [1.54, 1.807) is 23.3 Å². The SMILES string of the molecule is COc1ccc(C)cc1CN1CCN(CC(=O)N(Cc2cccs2)[C@H]2CCS(=O)(=O)C2)CC1. The molecule has 1 aromatic heterocycles. The van der Waals surface area contributed by atoms with Gasteiger partial charge in [0.15, 0.2) is 9.84 Å². The number of aryl methyl sites for hydroxylation is 1. The quantitative estimate of drug-likeness (QED) is 0.565. The summed E-state index contributed by atoms with van der Waals surface area (Å²) in [5.41, 5.74) is 2.40. The molecule has 0 spiro atoms. The number of hydrogen-bond donors (Lipinski definition) is 0. The molecule has 0 saturated carbocycles. The van der Waals surface area contributed by atoms with Gasteiger partial charge in [0.25, 0.3) is 0 Å². The van der Waals surface area contributed by atoms with Crippen LogP contribution in [0.25, 0.3) is 0 Å². The third-order valence-electron chi connectivity index (χ3n) is 6.53. The van der Waals surface area contributed by atoms with Crippen LogP contribution in [0.5, 0.6) is 5.75 Å². The van der Waals surface area contributed by atoms with Crippen molar-refractivity contribution in [3.8, 4) is 5.75 Å². The fraction of sp³-hybridized carbons (Fsp3) is 0.542. The summed E-state index contributed by atoms with van der Waals surface area (Å²) >= 11 is 1.60. The predicted octanol–water partition coefficient (Wildman–Crippen LogP) is 2.40. The highest BCUT2D eigenvalue weighted by Gasteiger charge is 2.35. The molecule has 2 aromatic rings. The molecule has 0 bridgehead atoms. The third kappa shape index (κ3) is 6.35. The second kappa shape index (κ2) is 10.5. The summed E-state index contributed by atoms with van der Waals surface area (Å²) in [4.78, 5) is 20.8. The van der Waals surface area contributed by atoms with E-state index in [4.69, 9.17) is 4.74 Å². The van der Waals surface area contributed by atoms with Crippen LogP contribution >= 0.6 is 11.3 Å². The van der Waals surface area contributed by atoms with E-state index in [9.17, 15) is 13.2 Å². The Hall–Kier alpha value is -1.94. The number of carbonyl (C=O) groups is 1. The van der Waals surface area contributed by atoms with Gasteiger partial charge in [-0.2, -0.15) is 0 Å². The predicted molar refractivity (Wildman–Crippen MR) is 131 cm³/mol. The highest BCUT2D eigenvalue weighted by molar-refractivity contribution is 7.91. The Morgan fingerprint density at radius 1 is 1.18 bits per heavy atom. The largest absolute Gasteiger partial charge is 0.496 e. The zero-order chi connectivity index (χ0) is 23.4. The molecule has 9 heteroatoms. The standard InChI is InChI=1S/C24H33N3O4S2/c1-19-5-6-23(31-2)20(14-19)15-25-8-10-26(11-9-25)17-24(28)27(16-22-4-3-12-32-22)21-7-13-33(29,30)18-21/h3-6,12,14,21H,7-11,13,15-18H2,1-2H3/t21-/m0/s1. The maximum atomic E-state index is 13.3. The number of ether oxygens (including phenoxy) is 1. The van der Waals surface area contributed by atoms with Crippen LogP contribution in [0, 0.1) is 6.92 Å². The normalized spacial score (nSPS) is 21.2. The minimum Gasteiger partial charge on any atom is -0.496 e. The van der Waals surface area contributed by atoms with Crippen LogP contribution < -0.4 is 4.74 Å². The first-order valence-corrected chi connectivity index (χ1v) is 14.1. The van der Waals surface area contributed by atoms with E-state index in [1.807, 2.05) is 23.6 Å². The van der Waals surface area contributed by atoms with Gasteiger partial charge in [-0.05, 0) is 30.9 Å². The van der Waals surface area contributed by atoms with E-state index in [0.29, 0.717) is 19.5 Å². The van der Waals surface area contributed by atoms with Crippen LogP contribution in [-0.4, -0.2) is 86.4 Å². The van der Waals surface area contributed by atoms with Crippen molar-refractivity contribution in [1.82, 2.24) is 14.7 Å². The Bertz CT molecular complexity index is 1050. The van der Waals surface area contributed by atoms with Crippen LogP contribution in [0.4, 0.5) is 0 Å². The van der Waals surface area contributed by atoms with Gasteiger partial charge in [0.2, 0.25) is 5.91 Å². The van der Waals surface area contributed by atoms with Crippen LogP contribution in [0.3, 0.4) is 0 Å². The zero-order valence-corrected chi connectivity index (χ0v) is 21.0. The van der Waals surface area contributed by atoms with Gasteiger partial charge in [-0.25, -0.2) is 8.42 Å². The summed E-state index contributed by atoms with van der Waals surface area (Å²) in [6.07, 6.45) is 0.533. The molecule has 3 heterocycles. The van der Waals surface area contributed by atoms with Crippen molar-refractivity contribution >= 4 is 27.1 Å². The van der Waals surface area contributed by atoms with Gasteiger partial charge in [-0.15, -0.1) is 11.3 Å². The molecule has 0 radical (unpaired) electrons. The summed E-state index contributed by atoms with van der Waals surface area (Å²) in [6.45, 7) is 7.14. The number of rotatable bonds is 8. The topological polar surface area (TPSA) is 70.2 Å². The second-order valence-electron chi connectivity index (χ2n) is 9.03. The molecule has 33 heavy (non-hydrogen) atoms. The van der Waals surface area contributed by atoms with Gasteiger partial charge in [-0.1, -0.05) is 23.8 Å². The number of sulfone groups is 1. The second-order valence-corrected chi connectivity index (χ2v) is 12.3. The van der Waals surface area contributed by atoms with Gasteiger partial charge in [0.1, 0.15) is 5.75 Å². The number of piperazine rings is 1. The maximum Gasteiger partial charge on any atom is 0.237 e. The van der Waals surface area contributed by atoms with Gasteiger partial charge in [0.05, 0.1) is 31.7 Å². The molecule has 1 atom stereocenters. The molecule has 1 amide bonds. The van der Waals surface area contributed by atoms with Crippen molar-refractivity contribution in [3.05, 3.63) is 51.7 Å². The Morgan fingerprint density at radius 2 is 1.94 bits per heavy atom. The lowest BCUT2D eigenvalue weighted by molar-refractivity contribution is -0.135. The Kier molecular flexibility index (Phi) is 7.73. The number of nitrogens with zero attached hydrogens (tertiary/aromatic N) is 3. The lowest BCUT2D eigenvalue weighted by Crippen LogP contribution is -2.51. The molecule has 180 valence electrons. The van der Waals surface area contributed by atoms with Gasteiger partial charge >= 0.3 is 0 Å². The molecular weight excluding hydrogens is 458 g/mol. The molecule has 7 nitrogen and oxygen atoms in total. The van der Waals surface area contributed by atoms with Crippen molar-refractivity contribution in [2.45, 2.75) is 32.5 Å². The minimum absolute atomic E-state index is 0.0271. The number of methoxy groups -OCH3 is 1. The third-order valence-corrected chi connectivity index (χ3v) is 9.14. The molecule has 2 aliphatic rings. The molecule has 2 aliphatic heterocycles. The molecular formula is C24H33N3O4S2. The van der Waals surface area contributed by atoms with E-state index in [1.165, 1.54) is 11.1 Å². The molecule has 4 rings (SSSR count). The van der Waals surface area contributed by atoms with Gasteiger partial charge in [-0.3, -0.25) is 14.6 Å². The van der Waals surface area contributed by atoms with Crippen molar-refractivity contribution < 1.29 is 17.9 Å². The smallest absolute Gasteiger partial charge is 0.237 e. The summed E-state index contributed by atoms with van der Waals surface area (Å²) in [5.74, 6) is 1.19. The highest BCUT2D eigenvalue weighted by Crippen LogP contribution is 2.24. The van der Waals surface area contributed by atoms with Crippen LogP contribution in [0.1, 0.15) is 22.4 Å². The number of hydrogen-bond acceptors (Lipinski definition) is 7. The number of amides is 1. The van der Waals surface area contributed by atoms with E-state index < -0.39 is 9.84 Å². The summed E-state index contributed by atoms with van der Waals surface area (Å²) in [6, 6.07) is 10.0. The Morgan fingerprint density at radius 3 is 2.58 bits per heavy atom. The van der Waals surface area contributed by atoms with Crippen molar-refractivity contribution in [2.24, 2.45) is 0 Å². The first-order valence-electron chi connectivity index (χ1n) is 11.4. The lowest BCUT2D eigenvalue weighted by atomic mass is 10.1. The van der Waals surface area contributed by atoms with Crippen molar-refractivity contribution in [2.75, 3.05) is 51.3 Å². The van der Waals surface area contributed by atoms with Crippen molar-refractivity contribution in [3.63, 3.8) is 0 Å². The molecule has 0 aliphatic carbocycles. The van der Waals surface area contributed by atoms with Gasteiger partial charge in [0, 0.05) is 49.2 Å². The fourth-order valence-corrected chi connectivity index (χ4v) is 7.11. The zero-order valence-electron chi connectivity index (χ0n) is 19.4. The number of carbonyl (C=O) groups excluding carboxylic acids is 1. The van der Waals surface area contributed by atoms with Crippen LogP contribution in [0.2, 0.25) is 0 Å². The molecule has 2 saturated heterocycles. The molecule has 0 unspecified atom stereocenters. The average molecular weight is 492 g/mol. The van der Waals surface area contributed by atoms with Crippen molar-refractivity contribution in [1.29, 1.82) is 0 Å². The number of thiophene rings is 1. The summed E-state index contributed by atoms with van der Waals surface area (Å²) in [5, 5.41) is 1.99. The summed E-state index contributed by atoms with van der Waals surface area (Å²) in [7, 11) is -1.35. The van der Waals surface area contributed by atoms with Crippen LogP contribution in [0.15, 0.2) is 35.7 Å². The van der Waals surface area contributed by atoms with E-state index in [0.717, 1.165) is 43.4 Å². The van der Waals surface area contributed by atoms with Crippen LogP contribution in [-0.2, 0) is 27.7 Å². The number of benzene rings is 1. The maximum absolute atomic E-state index is 13.3. The molecule has 2 fully saturated rings. The highest BCUT2D eigenvalue weighted by atomic mass is 32.2. The Balaban J connectivity index is 1.34. The first-order chi connectivity index (χ1) is 15.8. The summed E-state index contributed by atoms with van der Waals surface area (Å²) < 4.78 is 29.6. The Labute approximate surface area is 200 Å². The van der Waals surface area contributed by atoms with E-state index in [2.05, 4.69) is 28.9 Å². The molecule has 0 N–H and O–H groups in total. The van der Waals surface area contributed by atoms with E-state index >= 15 is 0 Å². The first kappa shape index (κ1) is 24.2. The molecule has 1 aromatic carbocycles. The minimum atomic E-state index is -3.05. The fourth-order valence-electron chi connectivity index (χ4n) is 4.67.